The predicted octanol–water partition coefficient (Wildman–Crippen LogP) is 3.69. The van der Waals surface area contributed by atoms with Gasteiger partial charge in [-0.1, -0.05) is 19.9 Å². The van der Waals surface area contributed by atoms with Gasteiger partial charge in [0.15, 0.2) is 5.01 Å². The third-order valence-electron chi connectivity index (χ3n) is 2.94. The molecule has 0 aliphatic heterocycles. The molecule has 1 aliphatic rings. The maximum absolute atomic E-state index is 12.5. The third kappa shape index (κ3) is 2.92. The summed E-state index contributed by atoms with van der Waals surface area (Å²) in [4.78, 5) is 4.02. The molecule has 0 aromatic carbocycles. The summed E-state index contributed by atoms with van der Waals surface area (Å²) in [7, 11) is 0. The van der Waals surface area contributed by atoms with E-state index in [-0.39, 0.29) is 11.5 Å². The van der Waals surface area contributed by atoms with E-state index in [2.05, 4.69) is 18.8 Å². The van der Waals surface area contributed by atoms with Crippen molar-refractivity contribution in [2.45, 2.75) is 38.9 Å². The maximum Gasteiger partial charge on any atom is 0.443 e. The number of allylic oxidation sites excluding steroid dienone is 1. The first kappa shape index (κ1) is 13.5. The molecule has 1 aliphatic carbocycles. The smallest absolute Gasteiger partial charge is 0.324 e. The van der Waals surface area contributed by atoms with E-state index in [1.54, 1.807) is 0 Å². The summed E-state index contributed by atoms with van der Waals surface area (Å²) in [5, 5.41) is -0.796. The van der Waals surface area contributed by atoms with Crippen LogP contribution in [0.5, 0.6) is 0 Å². The van der Waals surface area contributed by atoms with Crippen molar-refractivity contribution in [2.75, 3.05) is 0 Å². The summed E-state index contributed by atoms with van der Waals surface area (Å²) in [5.74, 6) is 0. The van der Waals surface area contributed by atoms with Gasteiger partial charge in [0.2, 0.25) is 0 Å². The summed E-state index contributed by atoms with van der Waals surface area (Å²) in [6.07, 6.45) is 0.379. The van der Waals surface area contributed by atoms with Crippen LogP contribution in [0.25, 0.3) is 5.57 Å². The number of thiazole rings is 1. The fourth-order valence-electron chi connectivity index (χ4n) is 2.32. The highest BCUT2D eigenvalue weighted by molar-refractivity contribution is 7.12. The van der Waals surface area contributed by atoms with Crippen molar-refractivity contribution >= 4 is 16.9 Å². The molecule has 1 atom stereocenters. The molecular formula is C12H15F3N2S. The number of halogens is 3. The van der Waals surface area contributed by atoms with Crippen molar-refractivity contribution in [3.05, 3.63) is 22.2 Å². The summed E-state index contributed by atoms with van der Waals surface area (Å²) in [6, 6.07) is -0.0970. The summed E-state index contributed by atoms with van der Waals surface area (Å²) < 4.78 is 37.5. The van der Waals surface area contributed by atoms with E-state index in [1.807, 2.05) is 6.08 Å². The molecule has 18 heavy (non-hydrogen) atoms. The first-order chi connectivity index (χ1) is 8.17. The summed E-state index contributed by atoms with van der Waals surface area (Å²) in [6.45, 7) is 4.15. The van der Waals surface area contributed by atoms with E-state index in [1.165, 1.54) is 6.20 Å². The number of alkyl halides is 3. The molecule has 0 saturated heterocycles. The topological polar surface area (TPSA) is 38.9 Å². The van der Waals surface area contributed by atoms with Crippen LogP contribution in [0.3, 0.4) is 0 Å². The fraction of sp³-hybridized carbons (Fsp3) is 0.583. The zero-order valence-electron chi connectivity index (χ0n) is 10.2. The van der Waals surface area contributed by atoms with Crippen LogP contribution in [-0.2, 0) is 6.18 Å². The SMILES string of the molecule is CC1(C)CC(c2cnc(C(F)(F)F)s2)=CC(N)C1. The molecule has 0 fully saturated rings. The standard InChI is InChI=1S/C12H15F3N2S/c1-11(2)4-7(3-8(16)5-11)9-6-17-10(18-9)12(13,14)15/h3,6,8H,4-5,16H2,1-2H3. The van der Waals surface area contributed by atoms with Gasteiger partial charge < -0.3 is 5.73 Å². The van der Waals surface area contributed by atoms with Gasteiger partial charge in [0.25, 0.3) is 0 Å². The quantitative estimate of drug-likeness (QED) is 0.849. The Labute approximate surface area is 108 Å². The largest absolute Gasteiger partial charge is 0.443 e. The molecule has 2 nitrogen and oxygen atoms in total. The molecule has 2 N–H and O–H groups in total. The average Bonchev–Trinajstić information content (AvgIpc) is 2.61. The van der Waals surface area contributed by atoms with Crippen LogP contribution >= 0.6 is 11.3 Å². The second kappa shape index (κ2) is 4.35. The molecule has 1 aromatic heterocycles. The van der Waals surface area contributed by atoms with E-state index in [0.717, 1.165) is 18.4 Å². The highest BCUT2D eigenvalue weighted by Crippen LogP contribution is 2.42. The van der Waals surface area contributed by atoms with Crippen LogP contribution in [0.4, 0.5) is 13.2 Å². The highest BCUT2D eigenvalue weighted by Gasteiger charge is 2.35. The van der Waals surface area contributed by atoms with Gasteiger partial charge in [-0.15, -0.1) is 11.3 Å². The minimum Gasteiger partial charge on any atom is -0.324 e. The van der Waals surface area contributed by atoms with Gasteiger partial charge >= 0.3 is 6.18 Å². The molecule has 0 radical (unpaired) electrons. The molecule has 0 saturated carbocycles. The zero-order valence-corrected chi connectivity index (χ0v) is 11.0. The molecule has 6 heteroatoms. The van der Waals surface area contributed by atoms with Crippen molar-refractivity contribution < 1.29 is 13.2 Å². The first-order valence-corrected chi connectivity index (χ1v) is 6.49. The Hall–Kier alpha value is -0.880. The Morgan fingerprint density at radius 2 is 2.11 bits per heavy atom. The lowest BCUT2D eigenvalue weighted by Gasteiger charge is -2.32. The van der Waals surface area contributed by atoms with E-state index in [4.69, 9.17) is 5.73 Å². The van der Waals surface area contributed by atoms with Crippen molar-refractivity contribution in [3.63, 3.8) is 0 Å². The molecule has 1 heterocycles. The Kier molecular flexibility index (Phi) is 3.27. The minimum atomic E-state index is -4.37. The van der Waals surface area contributed by atoms with Gasteiger partial charge in [0.1, 0.15) is 0 Å². The molecular weight excluding hydrogens is 261 g/mol. The van der Waals surface area contributed by atoms with Crippen LogP contribution in [0.15, 0.2) is 12.3 Å². The van der Waals surface area contributed by atoms with E-state index in [0.29, 0.717) is 16.2 Å². The van der Waals surface area contributed by atoms with Gasteiger partial charge in [0.05, 0.1) is 4.88 Å². The van der Waals surface area contributed by atoms with Crippen molar-refractivity contribution in [3.8, 4) is 0 Å². The van der Waals surface area contributed by atoms with E-state index < -0.39 is 11.2 Å². The highest BCUT2D eigenvalue weighted by atomic mass is 32.1. The van der Waals surface area contributed by atoms with Gasteiger partial charge in [-0.25, -0.2) is 4.98 Å². The van der Waals surface area contributed by atoms with Crippen molar-refractivity contribution in [1.29, 1.82) is 0 Å². The van der Waals surface area contributed by atoms with Gasteiger partial charge in [-0.2, -0.15) is 13.2 Å². The van der Waals surface area contributed by atoms with Crippen LogP contribution in [0.1, 0.15) is 36.6 Å². The summed E-state index contributed by atoms with van der Waals surface area (Å²) >= 11 is 0.689. The number of rotatable bonds is 1. The monoisotopic (exact) mass is 276 g/mol. The number of aromatic nitrogens is 1. The Morgan fingerprint density at radius 1 is 1.44 bits per heavy atom. The van der Waals surface area contributed by atoms with E-state index in [9.17, 15) is 13.2 Å². The van der Waals surface area contributed by atoms with Gasteiger partial charge in [0, 0.05) is 12.2 Å². The second-order valence-corrected chi connectivity index (χ2v) is 6.46. The molecule has 1 aromatic rings. The molecule has 0 bridgehead atoms. The van der Waals surface area contributed by atoms with E-state index >= 15 is 0 Å². The first-order valence-electron chi connectivity index (χ1n) is 5.67. The predicted molar refractivity (Wildman–Crippen MR) is 66.1 cm³/mol. The lowest BCUT2D eigenvalue weighted by molar-refractivity contribution is -0.137. The lowest BCUT2D eigenvalue weighted by Crippen LogP contribution is -2.30. The number of nitrogens with two attached hydrogens (primary N) is 1. The number of hydrogen-bond donors (Lipinski definition) is 1. The minimum absolute atomic E-state index is 0.0197. The zero-order chi connectivity index (χ0) is 13.6. The second-order valence-electron chi connectivity index (χ2n) is 5.43. The molecule has 100 valence electrons. The lowest BCUT2D eigenvalue weighted by atomic mass is 9.75. The fourth-order valence-corrected chi connectivity index (χ4v) is 3.13. The molecule has 0 spiro atoms. The van der Waals surface area contributed by atoms with Gasteiger partial charge in [-0.3, -0.25) is 0 Å². The number of hydrogen-bond acceptors (Lipinski definition) is 3. The molecule has 0 amide bonds. The molecule has 2 rings (SSSR count). The Bertz CT molecular complexity index is 474. The van der Waals surface area contributed by atoms with Crippen molar-refractivity contribution in [1.82, 2.24) is 4.98 Å². The summed E-state index contributed by atoms with van der Waals surface area (Å²) in [5.41, 5.74) is 6.82. The molecule has 1 unspecified atom stereocenters. The van der Waals surface area contributed by atoms with Crippen molar-refractivity contribution in [2.24, 2.45) is 11.1 Å². The third-order valence-corrected chi connectivity index (χ3v) is 4.05. The van der Waals surface area contributed by atoms with Gasteiger partial charge in [-0.05, 0) is 23.8 Å². The van der Waals surface area contributed by atoms with Crippen LogP contribution < -0.4 is 5.73 Å². The Balaban J connectivity index is 2.29. The average molecular weight is 276 g/mol. The Morgan fingerprint density at radius 3 is 2.61 bits per heavy atom. The van der Waals surface area contributed by atoms with Crippen LogP contribution in [0.2, 0.25) is 0 Å². The normalized spacial score (nSPS) is 23.9. The van der Waals surface area contributed by atoms with Crippen LogP contribution in [-0.4, -0.2) is 11.0 Å². The van der Waals surface area contributed by atoms with Crippen LogP contribution in [0, 0.1) is 5.41 Å². The number of nitrogens with zero attached hydrogens (tertiary/aromatic N) is 1. The maximum atomic E-state index is 12.5.